The van der Waals surface area contributed by atoms with E-state index in [0.29, 0.717) is 48.6 Å². The molecule has 4 atom stereocenters. The van der Waals surface area contributed by atoms with E-state index in [4.69, 9.17) is 35.4 Å². The summed E-state index contributed by atoms with van der Waals surface area (Å²) in [5.41, 5.74) is 0.643. The van der Waals surface area contributed by atoms with Crippen LogP contribution in [0.3, 0.4) is 0 Å². The maximum atomic E-state index is 8.73. The van der Waals surface area contributed by atoms with Gasteiger partial charge < -0.3 is 35.4 Å². The van der Waals surface area contributed by atoms with Crippen molar-refractivity contribution in [2.24, 2.45) is 0 Å². The fourth-order valence-corrected chi connectivity index (χ4v) is 41.1. The maximum Gasteiger partial charge on any atom is 0.353 e. The average molecular weight is 858 g/mol. The Kier molecular flexibility index (Phi) is 19.7. The number of hydrogen-bond acceptors (Lipinski definition) is 8. The lowest BCUT2D eigenvalue weighted by Gasteiger charge is -2.62. The van der Waals surface area contributed by atoms with Gasteiger partial charge in [-0.25, -0.2) is 0 Å². The first-order valence-corrected chi connectivity index (χ1v) is 32.3. The highest BCUT2D eigenvalue weighted by Crippen LogP contribution is 2.57. The van der Waals surface area contributed by atoms with Crippen LogP contribution >= 0.6 is 0 Å². The van der Waals surface area contributed by atoms with Crippen molar-refractivity contribution in [2.75, 3.05) is 26.4 Å². The first-order valence-electron chi connectivity index (χ1n) is 24.4. The highest BCUT2D eigenvalue weighted by atomic mass is 28.5. The van der Waals surface area contributed by atoms with Crippen LogP contribution in [0.1, 0.15) is 209 Å². The van der Waals surface area contributed by atoms with E-state index in [1.165, 1.54) is 77.0 Å². The summed E-state index contributed by atoms with van der Waals surface area (Å²) in [5.74, 6) is 0. The highest BCUT2D eigenvalue weighted by Gasteiger charge is 2.74. The largest absolute Gasteiger partial charge is 0.412 e. The minimum atomic E-state index is -3.35. The molecule has 1 saturated heterocycles. The second-order valence-corrected chi connectivity index (χ2v) is 34.2. The minimum absolute atomic E-state index is 0.155. The van der Waals surface area contributed by atoms with E-state index in [2.05, 4.69) is 55.4 Å². The summed E-state index contributed by atoms with van der Waals surface area (Å²) in [4.78, 5) is 0. The van der Waals surface area contributed by atoms with Gasteiger partial charge in [0.2, 0.25) is 0 Å². The van der Waals surface area contributed by atoms with Crippen LogP contribution in [-0.4, -0.2) is 83.6 Å². The Labute approximate surface area is 349 Å². The lowest BCUT2D eigenvalue weighted by atomic mass is 10.0. The van der Waals surface area contributed by atoms with Crippen LogP contribution in [0.15, 0.2) is 0 Å². The Morgan fingerprint density at radius 2 is 0.518 bits per heavy atom. The van der Waals surface area contributed by atoms with E-state index in [0.717, 1.165) is 77.0 Å². The fourth-order valence-electron chi connectivity index (χ4n) is 11.4. The van der Waals surface area contributed by atoms with Crippen LogP contribution < -0.4 is 0 Å². The zero-order valence-corrected chi connectivity index (χ0v) is 41.7. The molecule has 328 valence electrons. The summed E-state index contributed by atoms with van der Waals surface area (Å²) in [6.07, 6.45) is 27.8. The zero-order valence-electron chi connectivity index (χ0n) is 37.7. The molecule has 0 amide bonds. The molecule has 5 rings (SSSR count). The zero-order chi connectivity index (χ0) is 40.1. The average Bonchev–Trinajstić information content (AvgIpc) is 3.24. The first kappa shape index (κ1) is 47.6. The molecule has 5 aliphatic rings. The standard InChI is InChI=1S/C44H88O8Si4/c1-9-33-45-37(5)53(41-25-17-13-18-26-41)49-54(38(6)46-34-10-2,42-27-19-14-20-28-42)51-56(40(8)48-36-12-4,44-31-23-16-24-32-44)52-55(50-53,39(7)47-35-11-3)43-29-21-15-22-30-43/h37-44H,9-36H2,1-8H3. The molecular formula is C44H88O8Si4. The van der Waals surface area contributed by atoms with Gasteiger partial charge in [0.1, 0.15) is 0 Å². The van der Waals surface area contributed by atoms with Crippen molar-refractivity contribution < 1.29 is 35.4 Å². The summed E-state index contributed by atoms with van der Waals surface area (Å²) in [7, 11) is -13.4. The third-order valence-corrected chi connectivity index (χ3v) is 36.8. The second-order valence-electron chi connectivity index (χ2n) is 18.7. The summed E-state index contributed by atoms with van der Waals surface area (Å²) in [6.45, 7) is 21.1. The van der Waals surface area contributed by atoms with Gasteiger partial charge in [0.15, 0.2) is 0 Å². The monoisotopic (exact) mass is 857 g/mol. The Balaban J connectivity index is 1.88. The van der Waals surface area contributed by atoms with E-state index in [9.17, 15) is 0 Å². The molecule has 12 heteroatoms. The molecule has 5 fully saturated rings. The van der Waals surface area contributed by atoms with Gasteiger partial charge in [-0.1, -0.05) is 105 Å². The molecule has 1 heterocycles. The van der Waals surface area contributed by atoms with Crippen LogP contribution in [0, 0.1) is 0 Å². The normalized spacial score (nSPS) is 34.7. The molecule has 4 saturated carbocycles. The molecule has 8 nitrogen and oxygen atoms in total. The van der Waals surface area contributed by atoms with Crippen molar-refractivity contribution in [1.82, 2.24) is 0 Å². The quantitative estimate of drug-likeness (QED) is 0.112. The van der Waals surface area contributed by atoms with Gasteiger partial charge in [-0.05, 0) is 105 Å². The van der Waals surface area contributed by atoms with Gasteiger partial charge in [0.05, 0.1) is 22.9 Å². The Hall–Kier alpha value is 0.548. The topological polar surface area (TPSA) is 73.8 Å². The second kappa shape index (κ2) is 23.1. The molecule has 56 heavy (non-hydrogen) atoms. The maximum absolute atomic E-state index is 8.73. The van der Waals surface area contributed by atoms with Crippen molar-refractivity contribution in [3.8, 4) is 0 Å². The van der Waals surface area contributed by atoms with Crippen LogP contribution in [-0.2, 0) is 35.4 Å². The lowest BCUT2D eigenvalue weighted by Crippen LogP contribution is -2.82. The number of ether oxygens (including phenoxy) is 4. The Bertz CT molecular complexity index is 919. The summed E-state index contributed by atoms with van der Waals surface area (Å²) >= 11 is 0. The molecule has 0 aromatic carbocycles. The van der Waals surface area contributed by atoms with E-state index in [1.807, 2.05) is 0 Å². The van der Waals surface area contributed by atoms with Gasteiger partial charge in [-0.2, -0.15) is 0 Å². The van der Waals surface area contributed by atoms with Crippen LogP contribution in [0.4, 0.5) is 0 Å². The lowest BCUT2D eigenvalue weighted by molar-refractivity contribution is 0.0156. The number of rotatable bonds is 20. The SMILES string of the molecule is CCCOC(C)[Si]1(C2CCCCC2)O[Si](C2CCCCC2)(C(C)OCCC)O[Si](C2CCCCC2)(C(C)OCCC)O[Si](C2CCCCC2)(C(C)OCCC)O1. The number of hydrogen-bond donors (Lipinski definition) is 0. The van der Waals surface area contributed by atoms with Gasteiger partial charge in [-0.15, -0.1) is 0 Å². The molecule has 0 bridgehead atoms. The molecular weight excluding hydrogens is 769 g/mol. The highest BCUT2D eigenvalue weighted by molar-refractivity contribution is 6.97. The minimum Gasteiger partial charge on any atom is -0.412 e. The van der Waals surface area contributed by atoms with Gasteiger partial charge >= 0.3 is 34.2 Å². The van der Waals surface area contributed by atoms with Crippen molar-refractivity contribution in [2.45, 2.75) is 255 Å². The molecule has 0 aromatic rings. The van der Waals surface area contributed by atoms with E-state index >= 15 is 0 Å². The molecule has 1 aliphatic heterocycles. The third kappa shape index (κ3) is 10.8. The first-order chi connectivity index (χ1) is 27.2. The Morgan fingerprint density at radius 3 is 0.679 bits per heavy atom. The van der Waals surface area contributed by atoms with E-state index in [1.54, 1.807) is 0 Å². The molecule has 0 aromatic heterocycles. The smallest absolute Gasteiger partial charge is 0.353 e. The van der Waals surface area contributed by atoms with Gasteiger partial charge in [-0.3, -0.25) is 0 Å². The predicted molar refractivity (Wildman–Crippen MR) is 238 cm³/mol. The van der Waals surface area contributed by atoms with Gasteiger partial charge in [0, 0.05) is 48.6 Å². The molecule has 0 N–H and O–H groups in total. The molecule has 0 spiro atoms. The summed E-state index contributed by atoms with van der Waals surface area (Å²) in [6, 6.07) is 0. The molecule has 4 aliphatic carbocycles. The van der Waals surface area contributed by atoms with Crippen molar-refractivity contribution in [3.63, 3.8) is 0 Å². The van der Waals surface area contributed by atoms with Gasteiger partial charge in [0.25, 0.3) is 0 Å². The van der Waals surface area contributed by atoms with E-state index in [-0.39, 0.29) is 22.9 Å². The predicted octanol–water partition coefficient (Wildman–Crippen LogP) is 12.6. The van der Waals surface area contributed by atoms with Crippen LogP contribution in [0.2, 0.25) is 22.2 Å². The summed E-state index contributed by atoms with van der Waals surface area (Å²) < 4.78 is 63.2. The molecule has 4 unspecified atom stereocenters. The van der Waals surface area contributed by atoms with Crippen LogP contribution in [0.5, 0.6) is 0 Å². The summed E-state index contributed by atoms with van der Waals surface area (Å²) in [5, 5.41) is 0. The van der Waals surface area contributed by atoms with Crippen LogP contribution in [0.25, 0.3) is 0 Å². The van der Waals surface area contributed by atoms with Crippen molar-refractivity contribution in [1.29, 1.82) is 0 Å². The van der Waals surface area contributed by atoms with E-state index < -0.39 is 34.2 Å². The van der Waals surface area contributed by atoms with Crippen molar-refractivity contribution >= 4 is 34.2 Å². The van der Waals surface area contributed by atoms with Crippen molar-refractivity contribution in [3.05, 3.63) is 0 Å². The molecule has 0 radical (unpaired) electrons. The third-order valence-electron chi connectivity index (χ3n) is 14.5. The Morgan fingerprint density at radius 1 is 0.339 bits per heavy atom. The fraction of sp³-hybridized carbons (Fsp3) is 1.00.